The Morgan fingerprint density at radius 3 is 2.08 bits per heavy atom. The molecule has 0 bridgehead atoms. The molecule has 1 atom stereocenters. The Morgan fingerprint density at radius 1 is 1.42 bits per heavy atom. The Kier molecular flexibility index (Phi) is 14.1. The Bertz CT molecular complexity index is 204. The molecule has 6 heteroatoms. The van der Waals surface area contributed by atoms with E-state index in [0.717, 1.165) is 0 Å². The number of rotatable bonds is 1. The van der Waals surface area contributed by atoms with Crippen LogP contribution in [0.15, 0.2) is 11.4 Å². The third-order valence-electron chi connectivity index (χ3n) is 1.11. The molecular weight excluding hydrogens is 343 g/mol. The van der Waals surface area contributed by atoms with Crippen LogP contribution in [0, 0.1) is 0 Å². The summed E-state index contributed by atoms with van der Waals surface area (Å²) in [6, 6.07) is 2.36. The summed E-state index contributed by atoms with van der Waals surface area (Å²) in [5, 5.41) is 2.10. The van der Waals surface area contributed by atoms with Crippen molar-refractivity contribution in [1.82, 2.24) is 0 Å². The van der Waals surface area contributed by atoms with Gasteiger partial charge in [0.2, 0.25) is 0 Å². The molecule has 1 aromatic rings. The van der Waals surface area contributed by atoms with E-state index in [0.29, 0.717) is 0 Å². The van der Waals surface area contributed by atoms with E-state index < -0.39 is 0 Å². The quantitative estimate of drug-likeness (QED) is 0.765. The van der Waals surface area contributed by atoms with Gasteiger partial charge in [-0.1, -0.05) is 0 Å². The van der Waals surface area contributed by atoms with Gasteiger partial charge < -0.3 is 0 Å². The van der Waals surface area contributed by atoms with Crippen LogP contribution in [0.3, 0.4) is 0 Å². The number of nitrogens with two attached hydrogens (primary N) is 1. The third-order valence-corrected chi connectivity index (χ3v) is 3.99. The Morgan fingerprint density at radius 2 is 1.92 bits per heavy atom. The van der Waals surface area contributed by atoms with Crippen LogP contribution >= 0.6 is 48.6 Å². The zero-order valence-electron chi connectivity index (χ0n) is 6.44. The fourth-order valence-corrected chi connectivity index (χ4v) is 3.17. The van der Waals surface area contributed by atoms with E-state index in [1.807, 2.05) is 6.92 Å². The number of hydrogen-bond donors (Lipinski definition) is 1. The maximum Gasteiger partial charge on any atom is -0.147 e. The molecule has 1 aromatic heterocycles. The van der Waals surface area contributed by atoms with Gasteiger partial charge in [-0.2, -0.15) is 0 Å². The minimum absolute atomic E-state index is 0. The summed E-state index contributed by atoms with van der Waals surface area (Å²) < 4.78 is 1.40. The first-order valence-electron chi connectivity index (χ1n) is 2.76. The average Bonchev–Trinajstić information content (AvgIpc) is 2.13. The molecule has 0 saturated carbocycles. The van der Waals surface area contributed by atoms with Crippen molar-refractivity contribution in [2.45, 2.75) is 13.0 Å². The summed E-state index contributed by atoms with van der Waals surface area (Å²) in [5.41, 5.74) is 5.68. The van der Waals surface area contributed by atoms with Crippen molar-refractivity contribution in [3.05, 3.63) is 16.3 Å². The molecule has 0 saturated heterocycles. The first-order chi connectivity index (χ1) is 4.22. The van der Waals surface area contributed by atoms with Crippen LogP contribution in [-0.4, -0.2) is 22.5 Å². The van der Waals surface area contributed by atoms with Gasteiger partial charge in [0.25, 0.3) is 0 Å². The predicted molar refractivity (Wildman–Crippen MR) is 64.1 cm³/mol. The fourth-order valence-electron chi connectivity index (χ4n) is 0.674. The van der Waals surface area contributed by atoms with Gasteiger partial charge >= 0.3 is 72.5 Å². The fraction of sp³-hybridized carbons (Fsp3) is 0.333. The first kappa shape index (κ1) is 19.0. The molecule has 1 heterocycles. The molecule has 0 fully saturated rings. The molecule has 1 rings (SSSR count). The summed E-state index contributed by atoms with van der Waals surface area (Å²) in [6.45, 7) is 2.03. The zero-order valence-corrected chi connectivity index (χ0v) is 12.6. The molecule has 71 valence electrons. The van der Waals surface area contributed by atoms with Crippen LogP contribution in [0.5, 0.6) is 0 Å². The largest absolute Gasteiger partial charge is 0.147 e. The SMILES string of the molecule is CC(N)c1scc[c]1[Sn].Cl.Cl.Cl. The summed E-state index contributed by atoms with van der Waals surface area (Å²) in [7, 11) is 0. The minimum Gasteiger partial charge on any atom is -0.147 e. The first-order valence-corrected chi connectivity index (χ1v) is 5.07. The van der Waals surface area contributed by atoms with Crippen molar-refractivity contribution in [2.24, 2.45) is 5.73 Å². The van der Waals surface area contributed by atoms with Crippen molar-refractivity contribution >= 4 is 74.7 Å². The normalized spacial score (nSPS) is 10.2. The van der Waals surface area contributed by atoms with Crippen LogP contribution in [0.25, 0.3) is 0 Å². The van der Waals surface area contributed by atoms with Gasteiger partial charge in [-0.15, -0.1) is 37.2 Å². The summed E-state index contributed by atoms with van der Waals surface area (Å²) >= 11 is 3.22. The molecule has 1 nitrogen and oxygen atoms in total. The van der Waals surface area contributed by atoms with E-state index in [4.69, 9.17) is 5.73 Å². The van der Waals surface area contributed by atoms with E-state index >= 15 is 0 Å². The maximum absolute atomic E-state index is 5.68. The van der Waals surface area contributed by atoms with Gasteiger partial charge in [-0.05, 0) is 0 Å². The second kappa shape index (κ2) is 8.91. The zero-order chi connectivity index (χ0) is 6.85. The smallest absolute Gasteiger partial charge is 0.147 e. The average molecular weight is 354 g/mol. The van der Waals surface area contributed by atoms with E-state index in [2.05, 4.69) is 11.4 Å². The van der Waals surface area contributed by atoms with E-state index in [9.17, 15) is 0 Å². The van der Waals surface area contributed by atoms with Crippen molar-refractivity contribution in [2.75, 3.05) is 0 Å². The summed E-state index contributed by atoms with van der Waals surface area (Å²) in [4.78, 5) is 1.34. The second-order valence-corrected chi connectivity index (χ2v) is 4.47. The number of thiophene rings is 1. The monoisotopic (exact) mass is 354 g/mol. The van der Waals surface area contributed by atoms with Gasteiger partial charge in [0.1, 0.15) is 0 Å². The number of hydrogen-bond acceptors (Lipinski definition) is 2. The molecule has 0 aliphatic heterocycles. The van der Waals surface area contributed by atoms with Crippen molar-refractivity contribution in [3.63, 3.8) is 0 Å². The van der Waals surface area contributed by atoms with Gasteiger partial charge in [-0.25, -0.2) is 0 Å². The van der Waals surface area contributed by atoms with Crippen molar-refractivity contribution in [1.29, 1.82) is 0 Å². The van der Waals surface area contributed by atoms with Gasteiger partial charge in [0, 0.05) is 0 Å². The predicted octanol–water partition coefficient (Wildman–Crippen LogP) is 1.83. The molecule has 0 amide bonds. The standard InChI is InChI=1S/C6H8NS.3ClH.Sn/c1-5(7)6-3-2-4-8-6;;;;/h2,4-5H,7H2,1H3;3*1H;. The van der Waals surface area contributed by atoms with Crippen LogP contribution in [0.1, 0.15) is 17.8 Å². The van der Waals surface area contributed by atoms with E-state index in [1.54, 1.807) is 11.3 Å². The van der Waals surface area contributed by atoms with Crippen molar-refractivity contribution in [3.8, 4) is 0 Å². The van der Waals surface area contributed by atoms with E-state index in [1.165, 1.54) is 31.0 Å². The van der Waals surface area contributed by atoms with Crippen LogP contribution < -0.4 is 9.31 Å². The minimum atomic E-state index is 0. The topological polar surface area (TPSA) is 26.0 Å². The van der Waals surface area contributed by atoms with Crippen LogP contribution in [0.4, 0.5) is 0 Å². The molecular formula is C6H11Cl3NSSn. The Balaban J connectivity index is -0.000000270. The molecule has 2 N–H and O–H groups in total. The maximum atomic E-state index is 5.68. The molecule has 0 aromatic carbocycles. The number of halogens is 3. The van der Waals surface area contributed by atoms with E-state index in [-0.39, 0.29) is 43.3 Å². The molecule has 3 radical (unpaired) electrons. The summed E-state index contributed by atoms with van der Waals surface area (Å²) in [5.74, 6) is 0. The molecule has 0 aliphatic rings. The third kappa shape index (κ3) is 5.14. The molecule has 12 heavy (non-hydrogen) atoms. The Labute approximate surface area is 109 Å². The van der Waals surface area contributed by atoms with Crippen LogP contribution in [0.2, 0.25) is 0 Å². The van der Waals surface area contributed by atoms with Gasteiger partial charge in [-0.3, -0.25) is 0 Å². The molecule has 0 aliphatic carbocycles. The van der Waals surface area contributed by atoms with Crippen LogP contribution in [-0.2, 0) is 0 Å². The van der Waals surface area contributed by atoms with Crippen molar-refractivity contribution < 1.29 is 0 Å². The Hall–Kier alpha value is 1.33. The molecule has 0 spiro atoms. The summed E-state index contributed by atoms with van der Waals surface area (Å²) in [6.07, 6.45) is 0. The van der Waals surface area contributed by atoms with Gasteiger partial charge in [0.15, 0.2) is 0 Å². The van der Waals surface area contributed by atoms with Gasteiger partial charge in [0.05, 0.1) is 0 Å². The molecule has 1 unspecified atom stereocenters. The second-order valence-electron chi connectivity index (χ2n) is 1.99.